The van der Waals surface area contributed by atoms with E-state index in [9.17, 15) is 10.1 Å². The lowest BCUT2D eigenvalue weighted by atomic mass is 10.0. The number of anilines is 1. The fraction of sp³-hybridized carbons (Fsp3) is 0.467. The Kier molecular flexibility index (Phi) is 6.69. The topological polar surface area (TPSA) is 86.5 Å². The van der Waals surface area contributed by atoms with Gasteiger partial charge in [-0.2, -0.15) is 5.26 Å². The number of benzene rings is 2. The van der Waals surface area contributed by atoms with E-state index in [1.54, 1.807) is 24.3 Å². The standard InChI is InChI=1S/C30H34FN5O3/c1-4-39-24-16-22-27(26(31)28(24)35-9-7-20(8-10-35)34-11-13-38-14-12-34)36(18(2)3)30-25(29(22)37)21-6-5-19(17-32)15-23(21)33-30/h5-6,15-16,18,20,33H,4,7-14H2,1-3H3. The number of morpholine rings is 1. The lowest BCUT2D eigenvalue weighted by Crippen LogP contribution is -2.49. The molecule has 0 radical (unpaired) electrons. The zero-order valence-corrected chi connectivity index (χ0v) is 22.7. The fourth-order valence-corrected chi connectivity index (χ4v) is 6.40. The number of nitrogens with zero attached hydrogens (tertiary/aromatic N) is 4. The largest absolute Gasteiger partial charge is 0.492 e. The number of hydrogen-bond acceptors (Lipinski definition) is 6. The summed E-state index contributed by atoms with van der Waals surface area (Å²) in [6, 6.07) is 9.43. The van der Waals surface area contributed by atoms with Crippen molar-refractivity contribution in [1.82, 2.24) is 14.5 Å². The molecule has 2 aromatic heterocycles. The van der Waals surface area contributed by atoms with Crippen molar-refractivity contribution in [3.63, 3.8) is 0 Å². The summed E-state index contributed by atoms with van der Waals surface area (Å²) in [7, 11) is 0. The first-order valence-corrected chi connectivity index (χ1v) is 13.9. The molecule has 0 bridgehead atoms. The number of hydrogen-bond donors (Lipinski definition) is 1. The smallest absolute Gasteiger partial charge is 0.199 e. The first kappa shape index (κ1) is 25.7. The molecule has 6 rings (SSSR count). The monoisotopic (exact) mass is 531 g/mol. The summed E-state index contributed by atoms with van der Waals surface area (Å²) in [5, 5.41) is 10.9. The molecule has 4 aromatic rings. The van der Waals surface area contributed by atoms with Crippen molar-refractivity contribution in [2.45, 2.75) is 45.7 Å². The van der Waals surface area contributed by atoms with Crippen LogP contribution < -0.4 is 15.1 Å². The molecule has 2 aliphatic heterocycles. The average Bonchev–Trinajstić information content (AvgIpc) is 3.33. The van der Waals surface area contributed by atoms with Gasteiger partial charge in [-0.25, -0.2) is 4.39 Å². The highest BCUT2D eigenvalue weighted by atomic mass is 19.1. The highest BCUT2D eigenvalue weighted by Crippen LogP contribution is 2.40. The summed E-state index contributed by atoms with van der Waals surface area (Å²) in [4.78, 5) is 21.9. The van der Waals surface area contributed by atoms with Gasteiger partial charge in [-0.15, -0.1) is 0 Å². The number of nitrogens with one attached hydrogen (secondary N) is 1. The summed E-state index contributed by atoms with van der Waals surface area (Å²) in [5.74, 6) is -0.0180. The number of piperidine rings is 1. The maximum absolute atomic E-state index is 16.8. The van der Waals surface area contributed by atoms with Crippen molar-refractivity contribution in [3.05, 3.63) is 45.9 Å². The number of aromatic nitrogens is 2. The predicted molar refractivity (Wildman–Crippen MR) is 151 cm³/mol. The van der Waals surface area contributed by atoms with Gasteiger partial charge < -0.3 is 23.9 Å². The molecule has 0 amide bonds. The van der Waals surface area contributed by atoms with Crippen LogP contribution in [-0.2, 0) is 4.74 Å². The van der Waals surface area contributed by atoms with Gasteiger partial charge in [0, 0.05) is 49.2 Å². The minimum Gasteiger partial charge on any atom is -0.492 e. The molecular formula is C30H34FN5O3. The van der Waals surface area contributed by atoms with E-state index in [0.717, 1.165) is 44.5 Å². The second-order valence-electron chi connectivity index (χ2n) is 10.7. The SMILES string of the molecule is CCOc1cc2c(=O)c3c4ccc(C#N)cc4[nH]c3n(C(C)C)c2c(F)c1N1CCC(N2CCOCC2)CC1. The minimum atomic E-state index is -0.426. The van der Waals surface area contributed by atoms with Crippen molar-refractivity contribution < 1.29 is 13.9 Å². The molecule has 204 valence electrons. The molecule has 2 aromatic carbocycles. The van der Waals surface area contributed by atoms with Crippen molar-refractivity contribution >= 4 is 38.5 Å². The lowest BCUT2D eigenvalue weighted by Gasteiger charge is -2.41. The molecule has 0 atom stereocenters. The quantitative estimate of drug-likeness (QED) is 0.393. The Labute approximate surface area is 226 Å². The summed E-state index contributed by atoms with van der Waals surface area (Å²) in [6.07, 6.45) is 1.87. The van der Waals surface area contributed by atoms with Gasteiger partial charge in [0.25, 0.3) is 0 Å². The third kappa shape index (κ3) is 4.23. The van der Waals surface area contributed by atoms with E-state index in [-0.39, 0.29) is 17.0 Å². The van der Waals surface area contributed by atoms with E-state index in [1.807, 2.05) is 25.3 Å². The number of pyridine rings is 1. The number of rotatable bonds is 5. The molecule has 4 heterocycles. The van der Waals surface area contributed by atoms with E-state index in [1.165, 1.54) is 0 Å². The first-order chi connectivity index (χ1) is 18.9. The molecule has 2 aliphatic rings. The van der Waals surface area contributed by atoms with Crippen LogP contribution in [-0.4, -0.2) is 66.5 Å². The normalized spacial score (nSPS) is 17.5. The Bertz CT molecular complexity index is 1650. The fourth-order valence-electron chi connectivity index (χ4n) is 6.40. The first-order valence-electron chi connectivity index (χ1n) is 13.9. The number of ether oxygens (including phenoxy) is 2. The number of fused-ring (bicyclic) bond motifs is 4. The van der Waals surface area contributed by atoms with Crippen LogP contribution in [0.1, 0.15) is 45.2 Å². The number of aromatic amines is 1. The van der Waals surface area contributed by atoms with Gasteiger partial charge in [-0.1, -0.05) is 6.07 Å². The molecule has 0 saturated carbocycles. The molecule has 8 nitrogen and oxygen atoms in total. The van der Waals surface area contributed by atoms with Gasteiger partial charge in [-0.05, 0) is 51.8 Å². The summed E-state index contributed by atoms with van der Waals surface area (Å²) in [5.41, 5.74) is 2.21. The van der Waals surface area contributed by atoms with Gasteiger partial charge in [0.15, 0.2) is 11.2 Å². The molecule has 2 saturated heterocycles. The van der Waals surface area contributed by atoms with Crippen LogP contribution in [0, 0.1) is 17.1 Å². The van der Waals surface area contributed by atoms with E-state index in [4.69, 9.17) is 9.47 Å². The van der Waals surface area contributed by atoms with E-state index in [0.29, 0.717) is 64.7 Å². The van der Waals surface area contributed by atoms with Gasteiger partial charge in [-0.3, -0.25) is 9.69 Å². The molecule has 9 heteroatoms. The van der Waals surface area contributed by atoms with Crippen LogP contribution in [0.4, 0.5) is 10.1 Å². The van der Waals surface area contributed by atoms with Gasteiger partial charge >= 0.3 is 0 Å². The zero-order chi connectivity index (χ0) is 27.3. The summed E-state index contributed by atoms with van der Waals surface area (Å²) >= 11 is 0. The van der Waals surface area contributed by atoms with Gasteiger partial charge in [0.2, 0.25) is 0 Å². The molecule has 1 N–H and O–H groups in total. The molecule has 0 spiro atoms. The van der Waals surface area contributed by atoms with E-state index < -0.39 is 5.82 Å². The Morgan fingerprint density at radius 1 is 1.15 bits per heavy atom. The molecule has 0 aliphatic carbocycles. The Balaban J connectivity index is 1.53. The molecular weight excluding hydrogens is 497 g/mol. The second-order valence-corrected chi connectivity index (χ2v) is 10.7. The molecule has 2 fully saturated rings. The van der Waals surface area contributed by atoms with Crippen LogP contribution in [0.3, 0.4) is 0 Å². The van der Waals surface area contributed by atoms with Crippen molar-refractivity contribution in [2.24, 2.45) is 0 Å². The van der Waals surface area contributed by atoms with E-state index >= 15 is 4.39 Å². The van der Waals surface area contributed by atoms with Crippen molar-refractivity contribution in [1.29, 1.82) is 5.26 Å². The maximum Gasteiger partial charge on any atom is 0.199 e. The van der Waals surface area contributed by atoms with Gasteiger partial charge in [0.1, 0.15) is 17.1 Å². The lowest BCUT2D eigenvalue weighted by molar-refractivity contribution is 0.0114. The summed E-state index contributed by atoms with van der Waals surface area (Å²) < 4.78 is 30.2. The van der Waals surface area contributed by atoms with E-state index in [2.05, 4.69) is 20.9 Å². The zero-order valence-electron chi connectivity index (χ0n) is 22.7. The highest BCUT2D eigenvalue weighted by molar-refractivity contribution is 6.10. The number of nitriles is 1. The third-order valence-electron chi connectivity index (χ3n) is 8.20. The summed E-state index contributed by atoms with van der Waals surface area (Å²) in [6.45, 7) is 11.0. The predicted octanol–water partition coefficient (Wildman–Crippen LogP) is 4.93. The van der Waals surface area contributed by atoms with Crippen molar-refractivity contribution in [3.8, 4) is 11.8 Å². The van der Waals surface area contributed by atoms with Crippen LogP contribution in [0.2, 0.25) is 0 Å². The average molecular weight is 532 g/mol. The Morgan fingerprint density at radius 2 is 1.90 bits per heavy atom. The third-order valence-corrected chi connectivity index (χ3v) is 8.20. The van der Waals surface area contributed by atoms with Gasteiger partial charge in [0.05, 0.1) is 47.7 Å². The second kappa shape index (κ2) is 10.2. The van der Waals surface area contributed by atoms with Crippen LogP contribution in [0.25, 0.3) is 32.8 Å². The number of halogens is 1. The minimum absolute atomic E-state index is 0.133. The molecule has 0 unspecified atom stereocenters. The van der Waals surface area contributed by atoms with Crippen LogP contribution in [0.5, 0.6) is 5.75 Å². The van der Waals surface area contributed by atoms with Crippen LogP contribution in [0.15, 0.2) is 29.1 Å². The van der Waals surface area contributed by atoms with Crippen molar-refractivity contribution in [2.75, 3.05) is 50.9 Å². The molecule has 39 heavy (non-hydrogen) atoms. The maximum atomic E-state index is 16.8. The van der Waals surface area contributed by atoms with Crippen LogP contribution >= 0.6 is 0 Å². The Morgan fingerprint density at radius 3 is 2.56 bits per heavy atom. The Hall–Kier alpha value is -3.61. The highest BCUT2D eigenvalue weighted by Gasteiger charge is 2.31. The number of H-pyrrole nitrogens is 1.